The molecule has 0 spiro atoms. The first-order valence-electron chi connectivity index (χ1n) is 8.53. The Hall–Kier alpha value is -3.22. The molecule has 0 radical (unpaired) electrons. The van der Waals surface area contributed by atoms with Gasteiger partial charge in [-0.3, -0.25) is 14.7 Å². The molecule has 7 heteroatoms. The van der Waals surface area contributed by atoms with Gasteiger partial charge in [-0.25, -0.2) is 4.98 Å². The highest BCUT2D eigenvalue weighted by Gasteiger charge is 2.23. The number of benzene rings is 1. The molecule has 0 bridgehead atoms. The second-order valence-corrected chi connectivity index (χ2v) is 6.59. The van der Waals surface area contributed by atoms with Crippen molar-refractivity contribution in [3.63, 3.8) is 0 Å². The highest BCUT2D eigenvalue weighted by Crippen LogP contribution is 2.26. The van der Waals surface area contributed by atoms with Crippen LogP contribution in [0.1, 0.15) is 29.6 Å². The summed E-state index contributed by atoms with van der Waals surface area (Å²) in [6.07, 6.45) is 3.55. The highest BCUT2D eigenvalue weighted by molar-refractivity contribution is 6.06. The smallest absolute Gasteiger partial charge is 0.252 e. The van der Waals surface area contributed by atoms with E-state index in [1.807, 2.05) is 0 Å². The number of rotatable bonds is 4. The molecule has 2 aromatic heterocycles. The van der Waals surface area contributed by atoms with E-state index >= 15 is 0 Å². The monoisotopic (exact) mass is 350 g/mol. The fourth-order valence-electron chi connectivity index (χ4n) is 3.29. The molecule has 4 rings (SSSR count). The maximum atomic E-state index is 12.7. The number of H-pyrrole nitrogens is 1. The second kappa shape index (κ2) is 6.59. The van der Waals surface area contributed by atoms with Crippen molar-refractivity contribution in [1.29, 1.82) is 0 Å². The van der Waals surface area contributed by atoms with E-state index in [2.05, 4.69) is 20.5 Å². The molecular weight excluding hydrogens is 332 g/mol. The van der Waals surface area contributed by atoms with Crippen molar-refractivity contribution in [2.75, 3.05) is 6.54 Å². The lowest BCUT2D eigenvalue weighted by molar-refractivity contribution is -0.117. The molecule has 0 aliphatic heterocycles. The van der Waals surface area contributed by atoms with Gasteiger partial charge in [0.25, 0.3) is 5.91 Å². The van der Waals surface area contributed by atoms with Crippen LogP contribution in [0.2, 0.25) is 0 Å². The number of ketones is 1. The molecule has 7 nitrogen and oxygen atoms in total. The zero-order valence-electron chi connectivity index (χ0n) is 14.0. The Labute approximate surface area is 149 Å². The minimum Gasteiger partial charge on any atom is -0.508 e. The molecule has 1 fully saturated rings. The quantitative estimate of drug-likeness (QED) is 0.670. The summed E-state index contributed by atoms with van der Waals surface area (Å²) in [6, 6.07) is 8.35. The first kappa shape index (κ1) is 16.3. The number of aromatic amines is 1. The van der Waals surface area contributed by atoms with Crippen molar-refractivity contribution in [3.8, 4) is 17.0 Å². The van der Waals surface area contributed by atoms with Crippen LogP contribution in [0.5, 0.6) is 5.75 Å². The molecule has 1 unspecified atom stereocenters. The predicted molar refractivity (Wildman–Crippen MR) is 95.7 cm³/mol. The summed E-state index contributed by atoms with van der Waals surface area (Å²) in [5, 5.41) is 19.8. The van der Waals surface area contributed by atoms with Crippen molar-refractivity contribution in [1.82, 2.24) is 20.5 Å². The molecular formula is C19H18N4O3. The molecule has 132 valence electrons. The molecule has 0 saturated heterocycles. The van der Waals surface area contributed by atoms with E-state index in [4.69, 9.17) is 0 Å². The van der Waals surface area contributed by atoms with Crippen molar-refractivity contribution in [3.05, 3.63) is 42.1 Å². The van der Waals surface area contributed by atoms with E-state index in [1.54, 1.807) is 36.5 Å². The highest BCUT2D eigenvalue weighted by atomic mass is 16.3. The van der Waals surface area contributed by atoms with Gasteiger partial charge in [-0.05, 0) is 42.7 Å². The van der Waals surface area contributed by atoms with Crippen LogP contribution in [0.4, 0.5) is 0 Å². The number of carbonyl (C=O) groups excluding carboxylic acids is 2. The van der Waals surface area contributed by atoms with Gasteiger partial charge in [0.15, 0.2) is 5.65 Å². The molecule has 3 N–H and O–H groups in total. The third-order valence-corrected chi connectivity index (χ3v) is 4.73. The summed E-state index contributed by atoms with van der Waals surface area (Å²) in [5.74, 6) is 0.434. The number of carbonyl (C=O) groups is 2. The lowest BCUT2D eigenvalue weighted by Crippen LogP contribution is -2.28. The average molecular weight is 350 g/mol. The molecule has 26 heavy (non-hydrogen) atoms. The maximum Gasteiger partial charge on any atom is 0.252 e. The molecule has 3 aromatic rings. The van der Waals surface area contributed by atoms with E-state index in [-0.39, 0.29) is 23.4 Å². The number of hydrogen-bond donors (Lipinski definition) is 3. The van der Waals surface area contributed by atoms with Gasteiger partial charge in [0.2, 0.25) is 0 Å². The lowest BCUT2D eigenvalue weighted by atomic mass is 10.1. The number of Topliss-reactive ketones (excluding diaryl/α,β-unsaturated/α-hetero) is 1. The molecule has 1 aromatic carbocycles. The van der Waals surface area contributed by atoms with Crippen LogP contribution >= 0.6 is 0 Å². The summed E-state index contributed by atoms with van der Waals surface area (Å²) in [5.41, 5.74) is 2.41. The Morgan fingerprint density at radius 1 is 1.31 bits per heavy atom. The third-order valence-electron chi connectivity index (χ3n) is 4.73. The first-order chi connectivity index (χ1) is 12.6. The average Bonchev–Trinajstić information content (AvgIpc) is 3.28. The molecule has 1 amide bonds. The minimum absolute atomic E-state index is 0.167. The van der Waals surface area contributed by atoms with Crippen LogP contribution in [-0.4, -0.2) is 38.5 Å². The zero-order valence-corrected chi connectivity index (χ0v) is 14.0. The number of phenolic OH excluding ortho intramolecular Hbond substituents is 1. The van der Waals surface area contributed by atoms with E-state index < -0.39 is 0 Å². The van der Waals surface area contributed by atoms with Crippen LogP contribution in [0.15, 0.2) is 36.5 Å². The number of aromatic hydroxyl groups is 1. The topological polar surface area (TPSA) is 108 Å². The van der Waals surface area contributed by atoms with Crippen molar-refractivity contribution < 1.29 is 14.7 Å². The Balaban J connectivity index is 1.62. The van der Waals surface area contributed by atoms with Gasteiger partial charge < -0.3 is 10.4 Å². The number of hydrogen-bond acceptors (Lipinski definition) is 5. The minimum atomic E-state index is -0.210. The van der Waals surface area contributed by atoms with E-state index in [1.165, 1.54) is 0 Å². The Morgan fingerprint density at radius 2 is 2.12 bits per heavy atom. The van der Waals surface area contributed by atoms with Gasteiger partial charge in [0.1, 0.15) is 11.5 Å². The SMILES string of the molecule is O=C1CCC(CNC(=O)c2cc(-c3ccc(O)cc3)nc3[nH]ncc23)C1. The summed E-state index contributed by atoms with van der Waals surface area (Å²) in [6.45, 7) is 0.487. The Morgan fingerprint density at radius 3 is 2.85 bits per heavy atom. The summed E-state index contributed by atoms with van der Waals surface area (Å²) >= 11 is 0. The van der Waals surface area contributed by atoms with Gasteiger partial charge in [-0.2, -0.15) is 5.10 Å². The van der Waals surface area contributed by atoms with Gasteiger partial charge in [-0.1, -0.05) is 0 Å². The van der Waals surface area contributed by atoms with Crippen LogP contribution in [-0.2, 0) is 4.79 Å². The van der Waals surface area contributed by atoms with E-state index in [0.717, 1.165) is 12.0 Å². The number of aromatic nitrogens is 3. The van der Waals surface area contributed by atoms with Gasteiger partial charge in [-0.15, -0.1) is 0 Å². The van der Waals surface area contributed by atoms with Gasteiger partial charge in [0.05, 0.1) is 22.8 Å². The van der Waals surface area contributed by atoms with Gasteiger partial charge in [0, 0.05) is 24.9 Å². The fourth-order valence-corrected chi connectivity index (χ4v) is 3.29. The Bertz CT molecular complexity index is 978. The number of nitrogens with zero attached hydrogens (tertiary/aromatic N) is 2. The second-order valence-electron chi connectivity index (χ2n) is 6.59. The van der Waals surface area contributed by atoms with Gasteiger partial charge >= 0.3 is 0 Å². The fraction of sp³-hybridized carbons (Fsp3) is 0.263. The summed E-state index contributed by atoms with van der Waals surface area (Å²) in [7, 11) is 0. The zero-order chi connectivity index (χ0) is 18.1. The number of nitrogens with one attached hydrogen (secondary N) is 2. The number of amides is 1. The van der Waals surface area contributed by atoms with Crippen LogP contribution in [0, 0.1) is 5.92 Å². The van der Waals surface area contributed by atoms with Crippen molar-refractivity contribution >= 4 is 22.7 Å². The molecule has 1 aliphatic carbocycles. The van der Waals surface area contributed by atoms with Crippen LogP contribution in [0.3, 0.4) is 0 Å². The van der Waals surface area contributed by atoms with E-state index in [9.17, 15) is 14.7 Å². The molecule has 1 aliphatic rings. The largest absolute Gasteiger partial charge is 0.508 e. The predicted octanol–water partition coefficient (Wildman–Crippen LogP) is 2.43. The number of fused-ring (bicyclic) bond motifs is 1. The van der Waals surface area contributed by atoms with Crippen LogP contribution < -0.4 is 5.32 Å². The molecule has 1 saturated carbocycles. The molecule has 2 heterocycles. The Kier molecular flexibility index (Phi) is 4.12. The lowest BCUT2D eigenvalue weighted by Gasteiger charge is -2.11. The molecule has 1 atom stereocenters. The first-order valence-corrected chi connectivity index (χ1v) is 8.53. The number of pyridine rings is 1. The summed E-state index contributed by atoms with van der Waals surface area (Å²) in [4.78, 5) is 28.6. The standard InChI is InChI=1S/C19H18N4O3/c24-13-5-2-12(3-6-13)17-8-15(16-10-21-23-18(16)22-17)19(26)20-9-11-1-4-14(25)7-11/h2-3,5-6,8,10-11,24H,1,4,7,9H2,(H,20,26)(H,21,22,23). The van der Waals surface area contributed by atoms with E-state index in [0.29, 0.717) is 41.7 Å². The van der Waals surface area contributed by atoms with Crippen molar-refractivity contribution in [2.24, 2.45) is 5.92 Å². The normalized spacial score (nSPS) is 16.9. The number of phenols is 1. The summed E-state index contributed by atoms with van der Waals surface area (Å²) < 4.78 is 0. The van der Waals surface area contributed by atoms with Crippen molar-refractivity contribution in [2.45, 2.75) is 19.3 Å². The van der Waals surface area contributed by atoms with Crippen LogP contribution in [0.25, 0.3) is 22.3 Å². The third kappa shape index (κ3) is 3.15. The maximum absolute atomic E-state index is 12.7.